The van der Waals surface area contributed by atoms with Crippen molar-refractivity contribution in [1.82, 2.24) is 0 Å². The highest BCUT2D eigenvalue weighted by Gasteiger charge is 2.06. The Morgan fingerprint density at radius 3 is 2.85 bits per heavy atom. The third-order valence-electron chi connectivity index (χ3n) is 1.83. The maximum Gasteiger partial charge on any atom is 0.125 e. The highest BCUT2D eigenvalue weighted by atomic mass is 35.5. The molecule has 0 spiro atoms. The number of hydrogen-bond acceptors (Lipinski definition) is 2. The highest BCUT2D eigenvalue weighted by Crippen LogP contribution is 2.32. The molecule has 1 aromatic heterocycles. The molecule has 2 rings (SSSR count). The summed E-state index contributed by atoms with van der Waals surface area (Å²) >= 11 is 7.09. The van der Waals surface area contributed by atoms with Crippen LogP contribution < -0.4 is 0 Å². The largest absolute Gasteiger partial charge is 0.392 e. The topological polar surface area (TPSA) is 20.2 Å². The lowest BCUT2D eigenvalue weighted by atomic mass is 10.1. The van der Waals surface area contributed by atoms with E-state index in [1.807, 2.05) is 0 Å². The SMILES string of the molecule is OCc1cc(F)cc2sc(Cl)cc12. The number of rotatable bonds is 1. The number of halogens is 2. The van der Waals surface area contributed by atoms with Crippen molar-refractivity contribution in [2.75, 3.05) is 0 Å². The van der Waals surface area contributed by atoms with Crippen LogP contribution in [-0.4, -0.2) is 5.11 Å². The standard InChI is InChI=1S/C9H6ClFOS/c10-9-3-7-5(4-12)1-6(11)2-8(7)13-9/h1-3,12H,4H2. The first-order chi connectivity index (χ1) is 6.20. The maximum atomic E-state index is 12.9. The molecule has 1 N–H and O–H groups in total. The molecule has 68 valence electrons. The molecule has 1 nitrogen and oxygen atoms in total. The van der Waals surface area contributed by atoms with Gasteiger partial charge in [-0.05, 0) is 29.1 Å². The van der Waals surface area contributed by atoms with Crippen molar-refractivity contribution < 1.29 is 9.50 Å². The zero-order valence-electron chi connectivity index (χ0n) is 6.55. The van der Waals surface area contributed by atoms with Gasteiger partial charge in [-0.25, -0.2) is 4.39 Å². The molecule has 2 aromatic rings. The van der Waals surface area contributed by atoms with E-state index in [9.17, 15) is 4.39 Å². The van der Waals surface area contributed by atoms with Crippen molar-refractivity contribution >= 4 is 33.0 Å². The fourth-order valence-electron chi connectivity index (χ4n) is 1.27. The molecule has 0 saturated carbocycles. The molecule has 1 aromatic carbocycles. The van der Waals surface area contributed by atoms with Crippen molar-refractivity contribution in [2.24, 2.45) is 0 Å². The number of aliphatic hydroxyl groups is 1. The van der Waals surface area contributed by atoms with Crippen LogP contribution in [-0.2, 0) is 6.61 Å². The van der Waals surface area contributed by atoms with Crippen LogP contribution in [0.5, 0.6) is 0 Å². The van der Waals surface area contributed by atoms with Crippen LogP contribution in [0.2, 0.25) is 4.34 Å². The monoisotopic (exact) mass is 216 g/mol. The number of hydrogen-bond donors (Lipinski definition) is 1. The number of benzene rings is 1. The quantitative estimate of drug-likeness (QED) is 0.776. The molecule has 0 atom stereocenters. The van der Waals surface area contributed by atoms with Gasteiger partial charge >= 0.3 is 0 Å². The summed E-state index contributed by atoms with van der Waals surface area (Å²) in [7, 11) is 0. The fourth-order valence-corrected chi connectivity index (χ4v) is 2.49. The molecule has 0 saturated heterocycles. The van der Waals surface area contributed by atoms with Crippen LogP contribution in [0.4, 0.5) is 4.39 Å². The minimum atomic E-state index is -0.338. The molecule has 0 bridgehead atoms. The molecular formula is C9H6ClFOS. The normalized spacial score (nSPS) is 11.0. The third-order valence-corrected chi connectivity index (χ3v) is 3.04. The van der Waals surface area contributed by atoms with E-state index in [0.29, 0.717) is 9.90 Å². The lowest BCUT2D eigenvalue weighted by molar-refractivity contribution is 0.283. The summed E-state index contributed by atoms with van der Waals surface area (Å²) in [5, 5.41) is 9.80. The van der Waals surface area contributed by atoms with Gasteiger partial charge in [0, 0.05) is 4.70 Å². The van der Waals surface area contributed by atoms with Crippen molar-refractivity contribution in [1.29, 1.82) is 0 Å². The molecule has 0 aliphatic carbocycles. The second-order valence-electron chi connectivity index (χ2n) is 2.69. The van der Waals surface area contributed by atoms with E-state index in [4.69, 9.17) is 16.7 Å². The first kappa shape index (κ1) is 8.94. The van der Waals surface area contributed by atoms with Gasteiger partial charge in [0.05, 0.1) is 10.9 Å². The predicted octanol–water partition coefficient (Wildman–Crippen LogP) is 3.19. The summed E-state index contributed by atoms with van der Waals surface area (Å²) in [6.45, 7) is -0.165. The molecule has 0 aliphatic rings. The van der Waals surface area contributed by atoms with E-state index in [1.54, 1.807) is 6.07 Å². The Kier molecular flexibility index (Phi) is 2.24. The van der Waals surface area contributed by atoms with Crippen molar-refractivity contribution in [3.8, 4) is 0 Å². The van der Waals surface area contributed by atoms with Gasteiger partial charge in [0.25, 0.3) is 0 Å². The average molecular weight is 217 g/mol. The summed E-state index contributed by atoms with van der Waals surface area (Å²) in [6, 6.07) is 4.49. The van der Waals surface area contributed by atoms with Gasteiger partial charge in [-0.3, -0.25) is 0 Å². The van der Waals surface area contributed by atoms with Crippen molar-refractivity contribution in [2.45, 2.75) is 6.61 Å². The summed E-state index contributed by atoms with van der Waals surface area (Å²) in [5.41, 5.74) is 0.582. The predicted molar refractivity (Wildman–Crippen MR) is 52.7 cm³/mol. The summed E-state index contributed by atoms with van der Waals surface area (Å²) in [6.07, 6.45) is 0. The molecule has 0 fully saturated rings. The second kappa shape index (κ2) is 3.25. The van der Waals surface area contributed by atoms with Gasteiger partial charge in [-0.15, -0.1) is 11.3 Å². The highest BCUT2D eigenvalue weighted by molar-refractivity contribution is 7.22. The molecule has 0 radical (unpaired) electrons. The van der Waals surface area contributed by atoms with E-state index in [0.717, 1.165) is 10.1 Å². The minimum Gasteiger partial charge on any atom is -0.392 e. The summed E-state index contributed by atoms with van der Waals surface area (Å²) in [5.74, 6) is -0.338. The van der Waals surface area contributed by atoms with Gasteiger partial charge in [0.15, 0.2) is 0 Å². The van der Waals surface area contributed by atoms with Crippen LogP contribution in [0.3, 0.4) is 0 Å². The van der Waals surface area contributed by atoms with E-state index < -0.39 is 0 Å². The molecular weight excluding hydrogens is 211 g/mol. The molecule has 1 heterocycles. The Hall–Kier alpha value is -0.640. The van der Waals surface area contributed by atoms with E-state index in [2.05, 4.69) is 0 Å². The lowest BCUT2D eigenvalue weighted by Gasteiger charge is -1.98. The van der Waals surface area contributed by atoms with Gasteiger partial charge in [-0.1, -0.05) is 11.6 Å². The summed E-state index contributed by atoms with van der Waals surface area (Å²) < 4.78 is 14.3. The lowest BCUT2D eigenvalue weighted by Crippen LogP contribution is -1.85. The smallest absolute Gasteiger partial charge is 0.125 e. The molecule has 0 unspecified atom stereocenters. The van der Waals surface area contributed by atoms with Crippen LogP contribution in [0, 0.1) is 5.82 Å². The Bertz CT molecular complexity index is 452. The zero-order chi connectivity index (χ0) is 9.42. The van der Waals surface area contributed by atoms with Gasteiger partial charge in [0.1, 0.15) is 5.82 Å². The Balaban J connectivity index is 2.80. The molecule has 0 aliphatic heterocycles. The molecule has 13 heavy (non-hydrogen) atoms. The molecule has 4 heteroatoms. The third kappa shape index (κ3) is 1.55. The first-order valence-electron chi connectivity index (χ1n) is 3.69. The van der Waals surface area contributed by atoms with E-state index in [1.165, 1.54) is 23.5 Å². The Morgan fingerprint density at radius 2 is 2.15 bits per heavy atom. The van der Waals surface area contributed by atoms with Gasteiger partial charge < -0.3 is 5.11 Å². The fraction of sp³-hybridized carbons (Fsp3) is 0.111. The van der Waals surface area contributed by atoms with Crippen LogP contribution >= 0.6 is 22.9 Å². The van der Waals surface area contributed by atoms with Crippen molar-refractivity contribution in [3.05, 3.63) is 33.9 Å². The Morgan fingerprint density at radius 1 is 1.38 bits per heavy atom. The van der Waals surface area contributed by atoms with Crippen LogP contribution in [0.15, 0.2) is 18.2 Å². The number of aliphatic hydroxyl groups excluding tert-OH is 1. The van der Waals surface area contributed by atoms with E-state index in [-0.39, 0.29) is 12.4 Å². The van der Waals surface area contributed by atoms with Gasteiger partial charge in [-0.2, -0.15) is 0 Å². The van der Waals surface area contributed by atoms with Gasteiger partial charge in [0.2, 0.25) is 0 Å². The number of fused-ring (bicyclic) bond motifs is 1. The summed E-state index contributed by atoms with van der Waals surface area (Å²) in [4.78, 5) is 0. The first-order valence-corrected chi connectivity index (χ1v) is 4.88. The van der Waals surface area contributed by atoms with E-state index >= 15 is 0 Å². The van der Waals surface area contributed by atoms with Crippen LogP contribution in [0.25, 0.3) is 10.1 Å². The minimum absolute atomic E-state index is 0.165. The Labute approximate surface area is 83.4 Å². The average Bonchev–Trinajstić information content (AvgIpc) is 2.43. The van der Waals surface area contributed by atoms with Crippen LogP contribution in [0.1, 0.15) is 5.56 Å². The van der Waals surface area contributed by atoms with Crippen molar-refractivity contribution in [3.63, 3.8) is 0 Å². The second-order valence-corrected chi connectivity index (χ2v) is 4.40. The maximum absolute atomic E-state index is 12.9. The number of thiophene rings is 1. The zero-order valence-corrected chi connectivity index (χ0v) is 8.12. The molecule has 0 amide bonds.